The molecule has 0 saturated carbocycles. The van der Waals surface area contributed by atoms with Gasteiger partial charge in [-0.3, -0.25) is 0 Å². The van der Waals surface area contributed by atoms with Crippen molar-refractivity contribution in [3.05, 3.63) is 59.7 Å². The van der Waals surface area contributed by atoms with Crippen molar-refractivity contribution in [1.29, 1.82) is 0 Å². The highest BCUT2D eigenvalue weighted by Gasteiger charge is 2.11. The fraction of sp³-hybridized carbons (Fsp3) is 0.250. The number of aliphatic hydroxyl groups excluding tert-OH is 1. The SMILES string of the molecule is Cc1ccc(OCC(O)CNc2c(F)cccc2F)cc1. The molecule has 0 radical (unpaired) electrons. The van der Waals surface area contributed by atoms with Crippen LogP contribution in [-0.2, 0) is 0 Å². The van der Waals surface area contributed by atoms with Gasteiger partial charge in [-0.15, -0.1) is 0 Å². The first kappa shape index (κ1) is 15.3. The summed E-state index contributed by atoms with van der Waals surface area (Å²) in [6.07, 6.45) is -0.884. The van der Waals surface area contributed by atoms with Crippen LogP contribution in [-0.4, -0.2) is 24.4 Å². The van der Waals surface area contributed by atoms with Crippen LogP contribution in [0.15, 0.2) is 42.5 Å². The average molecular weight is 293 g/mol. The molecule has 2 aromatic rings. The second-order valence-corrected chi connectivity index (χ2v) is 4.76. The number of hydrogen-bond donors (Lipinski definition) is 2. The summed E-state index contributed by atoms with van der Waals surface area (Å²) in [5.41, 5.74) is 0.867. The van der Waals surface area contributed by atoms with Crippen molar-refractivity contribution in [3.8, 4) is 5.75 Å². The van der Waals surface area contributed by atoms with E-state index in [0.717, 1.165) is 17.7 Å². The third-order valence-corrected chi connectivity index (χ3v) is 2.94. The van der Waals surface area contributed by atoms with Gasteiger partial charge in [0, 0.05) is 6.54 Å². The molecular weight excluding hydrogens is 276 g/mol. The molecule has 0 amide bonds. The summed E-state index contributed by atoms with van der Waals surface area (Å²) in [4.78, 5) is 0. The van der Waals surface area contributed by atoms with E-state index in [1.165, 1.54) is 6.07 Å². The Hall–Kier alpha value is -2.14. The summed E-state index contributed by atoms with van der Waals surface area (Å²) < 4.78 is 32.1. The van der Waals surface area contributed by atoms with Crippen LogP contribution in [0.3, 0.4) is 0 Å². The monoisotopic (exact) mass is 293 g/mol. The first-order valence-corrected chi connectivity index (χ1v) is 6.61. The lowest BCUT2D eigenvalue weighted by Gasteiger charge is -2.15. The van der Waals surface area contributed by atoms with E-state index in [1.54, 1.807) is 12.1 Å². The molecule has 0 heterocycles. The molecule has 0 fully saturated rings. The maximum absolute atomic E-state index is 13.4. The number of benzene rings is 2. The van der Waals surface area contributed by atoms with Gasteiger partial charge in [-0.2, -0.15) is 0 Å². The third kappa shape index (κ3) is 4.43. The van der Waals surface area contributed by atoms with Crippen LogP contribution in [0.4, 0.5) is 14.5 Å². The van der Waals surface area contributed by atoms with Crippen LogP contribution in [0, 0.1) is 18.6 Å². The molecule has 0 spiro atoms. The lowest BCUT2D eigenvalue weighted by atomic mass is 10.2. The number of para-hydroxylation sites is 1. The Morgan fingerprint density at radius 2 is 1.71 bits per heavy atom. The second-order valence-electron chi connectivity index (χ2n) is 4.76. The molecule has 2 N–H and O–H groups in total. The topological polar surface area (TPSA) is 41.5 Å². The zero-order chi connectivity index (χ0) is 15.2. The Morgan fingerprint density at radius 3 is 2.33 bits per heavy atom. The number of rotatable bonds is 6. The molecule has 2 rings (SSSR count). The predicted molar refractivity (Wildman–Crippen MR) is 77.5 cm³/mol. The fourth-order valence-corrected chi connectivity index (χ4v) is 1.77. The Bertz CT molecular complexity index is 567. The van der Waals surface area contributed by atoms with Crippen molar-refractivity contribution in [2.45, 2.75) is 13.0 Å². The number of nitrogens with one attached hydrogen (secondary N) is 1. The smallest absolute Gasteiger partial charge is 0.149 e. The van der Waals surface area contributed by atoms with E-state index in [0.29, 0.717) is 5.75 Å². The molecule has 1 unspecified atom stereocenters. The van der Waals surface area contributed by atoms with Crippen LogP contribution >= 0.6 is 0 Å². The van der Waals surface area contributed by atoms with Crippen molar-refractivity contribution in [2.75, 3.05) is 18.5 Å². The zero-order valence-corrected chi connectivity index (χ0v) is 11.6. The van der Waals surface area contributed by atoms with Crippen LogP contribution in [0.1, 0.15) is 5.56 Å². The number of ether oxygens (including phenoxy) is 1. The van der Waals surface area contributed by atoms with Gasteiger partial charge in [0.15, 0.2) is 0 Å². The highest BCUT2D eigenvalue weighted by atomic mass is 19.1. The molecule has 0 bridgehead atoms. The molecule has 5 heteroatoms. The van der Waals surface area contributed by atoms with Gasteiger partial charge in [0.25, 0.3) is 0 Å². The molecule has 0 saturated heterocycles. The molecule has 1 atom stereocenters. The number of hydrogen-bond acceptors (Lipinski definition) is 3. The molecule has 0 aliphatic rings. The maximum atomic E-state index is 13.4. The Morgan fingerprint density at radius 1 is 1.10 bits per heavy atom. The van der Waals surface area contributed by atoms with Crippen LogP contribution in [0.5, 0.6) is 5.75 Å². The lowest BCUT2D eigenvalue weighted by molar-refractivity contribution is 0.117. The van der Waals surface area contributed by atoms with Gasteiger partial charge >= 0.3 is 0 Å². The van der Waals surface area contributed by atoms with E-state index in [4.69, 9.17) is 4.74 Å². The van der Waals surface area contributed by atoms with E-state index in [1.807, 2.05) is 19.1 Å². The van der Waals surface area contributed by atoms with Gasteiger partial charge in [-0.05, 0) is 31.2 Å². The maximum Gasteiger partial charge on any atom is 0.149 e. The number of aliphatic hydroxyl groups is 1. The van der Waals surface area contributed by atoms with Crippen LogP contribution in [0.25, 0.3) is 0 Å². The fourth-order valence-electron chi connectivity index (χ4n) is 1.77. The Balaban J connectivity index is 1.82. The quantitative estimate of drug-likeness (QED) is 0.860. The van der Waals surface area contributed by atoms with E-state index < -0.39 is 17.7 Å². The number of anilines is 1. The third-order valence-electron chi connectivity index (χ3n) is 2.94. The van der Waals surface area contributed by atoms with E-state index in [9.17, 15) is 13.9 Å². The Labute approximate surface area is 122 Å². The minimum Gasteiger partial charge on any atom is -0.491 e. The van der Waals surface area contributed by atoms with Gasteiger partial charge in [0.1, 0.15) is 35.8 Å². The van der Waals surface area contributed by atoms with Gasteiger partial charge in [0.2, 0.25) is 0 Å². The summed E-state index contributed by atoms with van der Waals surface area (Å²) in [7, 11) is 0. The first-order chi connectivity index (χ1) is 10.1. The van der Waals surface area contributed by atoms with E-state index in [2.05, 4.69) is 5.32 Å². The average Bonchev–Trinajstić information content (AvgIpc) is 2.46. The van der Waals surface area contributed by atoms with Crippen molar-refractivity contribution in [3.63, 3.8) is 0 Å². The second kappa shape index (κ2) is 7.04. The van der Waals surface area contributed by atoms with Crippen molar-refractivity contribution >= 4 is 5.69 Å². The molecule has 0 aliphatic heterocycles. The summed E-state index contributed by atoms with van der Waals surface area (Å²) in [6, 6.07) is 11.0. The predicted octanol–water partition coefficient (Wildman–Crippen LogP) is 3.13. The summed E-state index contributed by atoms with van der Waals surface area (Å²) in [6.45, 7) is 1.99. The van der Waals surface area contributed by atoms with Gasteiger partial charge in [0.05, 0.1) is 0 Å². The van der Waals surface area contributed by atoms with Gasteiger partial charge in [-0.25, -0.2) is 8.78 Å². The zero-order valence-electron chi connectivity index (χ0n) is 11.6. The molecule has 2 aromatic carbocycles. The molecule has 3 nitrogen and oxygen atoms in total. The van der Waals surface area contributed by atoms with E-state index in [-0.39, 0.29) is 18.8 Å². The number of halogens is 2. The Kier molecular flexibility index (Phi) is 5.11. The molecular formula is C16H17F2NO2. The summed E-state index contributed by atoms with van der Waals surface area (Å²) in [5.74, 6) is -0.750. The molecule has 0 aromatic heterocycles. The normalized spacial score (nSPS) is 12.0. The molecule has 112 valence electrons. The summed E-state index contributed by atoms with van der Waals surface area (Å²) in [5, 5.41) is 12.3. The minimum absolute atomic E-state index is 0.0102. The molecule has 0 aliphatic carbocycles. The standard InChI is InChI=1S/C16H17F2NO2/c1-11-5-7-13(8-6-11)21-10-12(20)9-19-16-14(17)3-2-4-15(16)18/h2-8,12,19-20H,9-10H2,1H3. The highest BCUT2D eigenvalue weighted by molar-refractivity contribution is 5.46. The summed E-state index contributed by atoms with van der Waals surface area (Å²) >= 11 is 0. The van der Waals surface area contributed by atoms with Crippen molar-refractivity contribution in [1.82, 2.24) is 0 Å². The lowest BCUT2D eigenvalue weighted by Crippen LogP contribution is -2.27. The van der Waals surface area contributed by atoms with Crippen LogP contribution in [0.2, 0.25) is 0 Å². The van der Waals surface area contributed by atoms with Crippen molar-refractivity contribution < 1.29 is 18.6 Å². The first-order valence-electron chi connectivity index (χ1n) is 6.61. The number of aryl methyl sites for hydroxylation is 1. The van der Waals surface area contributed by atoms with Crippen molar-refractivity contribution in [2.24, 2.45) is 0 Å². The highest BCUT2D eigenvalue weighted by Crippen LogP contribution is 2.18. The molecule has 21 heavy (non-hydrogen) atoms. The van der Waals surface area contributed by atoms with Gasteiger partial charge in [-0.1, -0.05) is 23.8 Å². The van der Waals surface area contributed by atoms with E-state index >= 15 is 0 Å². The van der Waals surface area contributed by atoms with Gasteiger partial charge < -0.3 is 15.2 Å². The largest absolute Gasteiger partial charge is 0.491 e. The van der Waals surface area contributed by atoms with Crippen LogP contribution < -0.4 is 10.1 Å². The minimum atomic E-state index is -0.884.